The number of amides is 4. The first kappa shape index (κ1) is 56.8. The lowest BCUT2D eigenvalue weighted by Crippen LogP contribution is -2.34. The Bertz CT molecular complexity index is 1760. The van der Waals surface area contributed by atoms with Crippen LogP contribution in [0.5, 0.6) is 23.0 Å². The summed E-state index contributed by atoms with van der Waals surface area (Å²) in [5, 5.41) is 10.2. The van der Waals surface area contributed by atoms with Crippen molar-refractivity contribution in [2.45, 2.75) is 116 Å². The lowest BCUT2D eigenvalue weighted by Gasteiger charge is -2.21. The zero-order valence-corrected chi connectivity index (χ0v) is 41.3. The fraction of sp³-hybridized carbons (Fsp3) is 0.542. The first-order valence-corrected chi connectivity index (χ1v) is 24.6. The van der Waals surface area contributed by atoms with Crippen molar-refractivity contribution in [3.63, 3.8) is 0 Å². The third kappa shape index (κ3) is 26.6. The molecule has 366 valence electrons. The van der Waals surface area contributed by atoms with Gasteiger partial charge in [-0.25, -0.2) is 9.59 Å². The molecular weight excluding hydrogens is 889 g/mol. The van der Waals surface area contributed by atoms with E-state index in [1.54, 1.807) is 36.4 Å². The minimum atomic E-state index is -1.01. The molecule has 0 heterocycles. The Morgan fingerprint density at radius 3 is 1.30 bits per heavy atom. The van der Waals surface area contributed by atoms with E-state index in [0.717, 1.165) is 49.7 Å². The Labute approximate surface area is 398 Å². The topological polar surface area (TPSA) is 206 Å². The molecule has 2 aromatic rings. The second kappa shape index (κ2) is 33.2. The van der Waals surface area contributed by atoms with Crippen molar-refractivity contribution in [3.8, 4) is 23.0 Å². The van der Waals surface area contributed by atoms with Crippen molar-refractivity contribution < 1.29 is 57.2 Å². The molecule has 0 spiro atoms. The number of hydrogen-bond acceptors (Lipinski definition) is 14. The van der Waals surface area contributed by atoms with E-state index in [2.05, 4.69) is 73.3 Å². The van der Waals surface area contributed by atoms with Crippen LogP contribution in [0, 0.1) is 11.8 Å². The molecule has 0 bridgehead atoms. The van der Waals surface area contributed by atoms with Crippen LogP contribution in [0.15, 0.2) is 60.7 Å². The maximum absolute atomic E-state index is 12.9. The highest BCUT2D eigenvalue weighted by molar-refractivity contribution is 8.77. The van der Waals surface area contributed by atoms with E-state index < -0.39 is 22.8 Å². The molecule has 0 aromatic heterocycles. The van der Waals surface area contributed by atoms with E-state index in [9.17, 15) is 28.8 Å². The lowest BCUT2D eigenvalue weighted by atomic mass is 10.1. The van der Waals surface area contributed by atoms with Crippen molar-refractivity contribution in [2.24, 2.45) is 11.8 Å². The minimum Gasteiger partial charge on any atom is -0.493 e. The number of carbonyl (C=O) groups excluding carboxylic acids is 6. The van der Waals surface area contributed by atoms with Gasteiger partial charge in [-0.05, 0) is 85.8 Å². The van der Waals surface area contributed by atoms with E-state index in [-0.39, 0.29) is 86.0 Å². The highest BCUT2D eigenvalue weighted by Gasteiger charge is 2.22. The summed E-state index contributed by atoms with van der Waals surface area (Å²) in [7, 11) is 5.35. The molecule has 0 aliphatic heterocycles. The summed E-state index contributed by atoms with van der Waals surface area (Å²) in [4.78, 5) is 74.1. The zero-order valence-electron chi connectivity index (χ0n) is 39.7. The molecule has 0 saturated heterocycles. The van der Waals surface area contributed by atoms with Gasteiger partial charge in [-0.1, -0.05) is 85.7 Å². The first-order chi connectivity index (χ1) is 31.6. The predicted molar refractivity (Wildman–Crippen MR) is 259 cm³/mol. The van der Waals surface area contributed by atoms with E-state index in [4.69, 9.17) is 28.4 Å². The Hall–Kier alpha value is -5.36. The van der Waals surface area contributed by atoms with E-state index >= 15 is 0 Å². The summed E-state index contributed by atoms with van der Waals surface area (Å²) >= 11 is 0. The lowest BCUT2D eigenvalue weighted by molar-refractivity contribution is -0.122. The van der Waals surface area contributed by atoms with Gasteiger partial charge in [0.25, 0.3) is 0 Å². The molecule has 0 aliphatic carbocycles. The van der Waals surface area contributed by atoms with Crippen LogP contribution in [0.3, 0.4) is 0 Å². The van der Waals surface area contributed by atoms with Crippen LogP contribution in [0.25, 0.3) is 0 Å². The average Bonchev–Trinajstić information content (AvgIpc) is 3.27. The summed E-state index contributed by atoms with van der Waals surface area (Å²) in [6.45, 7) is 11.6. The number of benzene rings is 2. The molecule has 0 radical (unpaired) electrons. The van der Waals surface area contributed by atoms with Crippen molar-refractivity contribution in [1.82, 2.24) is 21.3 Å². The quantitative estimate of drug-likeness (QED) is 0.0184. The molecule has 2 atom stereocenters. The van der Waals surface area contributed by atoms with Crippen LogP contribution in [-0.2, 0) is 41.7 Å². The van der Waals surface area contributed by atoms with E-state index in [0.29, 0.717) is 24.7 Å². The SMILES string of the molecule is COc1cc(CNC(=O)CCCC/C=C/C(C)C)ccc1OC(=O)OCC(CNC(C)=O)SSC(CNC(C)=O)COC(=O)Oc1ccc(CNC(=O)CCCC/C=C/C(C)C)cc1OC. The van der Waals surface area contributed by atoms with Gasteiger partial charge < -0.3 is 49.7 Å². The Morgan fingerprint density at radius 1 is 0.561 bits per heavy atom. The number of ether oxygens (including phenoxy) is 6. The van der Waals surface area contributed by atoms with E-state index in [1.165, 1.54) is 49.7 Å². The zero-order chi connectivity index (χ0) is 48.7. The van der Waals surface area contributed by atoms with Gasteiger partial charge in [-0.15, -0.1) is 0 Å². The van der Waals surface area contributed by atoms with Crippen LogP contribution in [0.1, 0.15) is 104 Å². The number of carbonyl (C=O) groups is 6. The predicted octanol–water partition coefficient (Wildman–Crippen LogP) is 8.60. The molecule has 2 aromatic carbocycles. The molecule has 4 N–H and O–H groups in total. The Morgan fingerprint density at radius 2 is 0.955 bits per heavy atom. The smallest absolute Gasteiger partial charge is 0.493 e. The summed E-state index contributed by atoms with van der Waals surface area (Å²) in [5.74, 6) is 1.05. The van der Waals surface area contributed by atoms with Crippen molar-refractivity contribution in [2.75, 3.05) is 40.5 Å². The summed E-state index contributed by atoms with van der Waals surface area (Å²) < 4.78 is 32.6. The van der Waals surface area contributed by atoms with Gasteiger partial charge in [0.15, 0.2) is 23.0 Å². The molecule has 0 saturated carbocycles. The summed E-state index contributed by atoms with van der Waals surface area (Å²) in [6.07, 6.45) is 12.7. The van der Waals surface area contributed by atoms with Gasteiger partial charge in [-0.3, -0.25) is 19.2 Å². The second-order valence-electron chi connectivity index (χ2n) is 16.0. The van der Waals surface area contributed by atoms with Gasteiger partial charge in [0.2, 0.25) is 23.6 Å². The number of nitrogens with one attached hydrogen (secondary N) is 4. The van der Waals surface area contributed by atoms with Gasteiger partial charge in [-0.2, -0.15) is 0 Å². The fourth-order valence-electron chi connectivity index (χ4n) is 5.70. The standard InChI is InChI=1S/C48H70N4O12S2/c1-33(2)17-13-9-11-15-19-45(55)51-27-37-21-23-41(43(25-37)59-7)63-47(57)61-31-39(29-49-35(5)53)65-66-40(30-50-36(6)54)32-62-48(58)64-42-24-22-38(26-44(42)60-8)28-52-46(56)20-16-12-10-14-18-34(3)4/h13-14,17-18,21-26,33-34,39-40H,9-12,15-16,19-20,27-32H2,1-8H3,(H,49,53)(H,50,54)(H,51,55)(H,52,56)/b17-13+,18-14+. The minimum absolute atomic E-state index is 0.0577. The number of rotatable bonds is 31. The number of hydrogen-bond donors (Lipinski definition) is 4. The molecule has 16 nitrogen and oxygen atoms in total. The monoisotopic (exact) mass is 958 g/mol. The van der Waals surface area contributed by atoms with E-state index in [1.807, 2.05) is 0 Å². The summed E-state index contributed by atoms with van der Waals surface area (Å²) in [6, 6.07) is 9.81. The number of unbranched alkanes of at least 4 members (excludes halogenated alkanes) is 4. The molecule has 2 unspecified atom stereocenters. The highest BCUT2D eigenvalue weighted by atomic mass is 33.1. The molecule has 18 heteroatoms. The van der Waals surface area contributed by atoms with Gasteiger partial charge in [0.05, 0.1) is 24.7 Å². The molecule has 4 amide bonds. The largest absolute Gasteiger partial charge is 0.514 e. The third-order valence-electron chi connectivity index (χ3n) is 9.17. The van der Waals surface area contributed by atoms with Gasteiger partial charge in [0, 0.05) is 52.9 Å². The average molecular weight is 959 g/mol. The molecular formula is C48H70N4O12S2. The maximum atomic E-state index is 12.9. The van der Waals surface area contributed by atoms with Crippen molar-refractivity contribution >= 4 is 57.5 Å². The molecule has 0 aliphatic rings. The maximum Gasteiger partial charge on any atom is 0.514 e. The van der Waals surface area contributed by atoms with Crippen LogP contribution >= 0.6 is 21.6 Å². The first-order valence-electron chi connectivity index (χ1n) is 22.3. The molecule has 2 rings (SSSR count). The number of methoxy groups -OCH3 is 2. The Balaban J connectivity index is 1.92. The normalized spacial score (nSPS) is 12.1. The van der Waals surface area contributed by atoms with Gasteiger partial charge in [0.1, 0.15) is 13.2 Å². The summed E-state index contributed by atoms with van der Waals surface area (Å²) in [5.41, 5.74) is 1.49. The van der Waals surface area contributed by atoms with Crippen LogP contribution in [0.4, 0.5) is 9.59 Å². The van der Waals surface area contributed by atoms with Crippen LogP contribution < -0.4 is 40.2 Å². The van der Waals surface area contributed by atoms with Crippen LogP contribution in [0.2, 0.25) is 0 Å². The molecule has 0 fully saturated rings. The number of allylic oxidation sites excluding steroid dienone is 4. The second-order valence-corrected chi connectivity index (χ2v) is 18.9. The van der Waals surface area contributed by atoms with Gasteiger partial charge >= 0.3 is 12.3 Å². The Kier molecular flexibility index (Phi) is 28.5. The fourth-order valence-corrected chi connectivity index (χ4v) is 8.25. The van der Waals surface area contributed by atoms with Crippen molar-refractivity contribution in [3.05, 3.63) is 71.8 Å². The van der Waals surface area contributed by atoms with Crippen LogP contribution in [-0.4, -0.2) is 87.0 Å². The van der Waals surface area contributed by atoms with Crippen molar-refractivity contribution in [1.29, 1.82) is 0 Å². The third-order valence-corrected chi connectivity index (χ3v) is 12.4. The highest BCUT2D eigenvalue weighted by Crippen LogP contribution is 2.33. The molecule has 66 heavy (non-hydrogen) atoms.